The van der Waals surface area contributed by atoms with Gasteiger partial charge >= 0.3 is 5.97 Å². The molecule has 0 radical (unpaired) electrons. The van der Waals surface area contributed by atoms with E-state index < -0.39 is 0 Å². The van der Waals surface area contributed by atoms with Gasteiger partial charge in [0, 0.05) is 22.7 Å². The number of fused-ring (bicyclic) bond motifs is 1. The van der Waals surface area contributed by atoms with Crippen molar-refractivity contribution in [1.29, 1.82) is 0 Å². The standard InChI is InChI=1S/C17H15NO3/c1-11-14-8-9-18-15(14)6-7-16(11)21-13-5-3-4-12(10-13)17(19)20-2/h3-10,18H,1-2H3. The maximum atomic E-state index is 11.5. The van der Waals surface area contributed by atoms with Gasteiger partial charge in [0.15, 0.2) is 0 Å². The first kappa shape index (κ1) is 13.2. The molecule has 4 nitrogen and oxygen atoms in total. The number of carbonyl (C=O) groups is 1. The van der Waals surface area contributed by atoms with E-state index in [1.807, 2.05) is 37.4 Å². The molecular formula is C17H15NO3. The van der Waals surface area contributed by atoms with Crippen LogP contribution in [0.2, 0.25) is 0 Å². The molecule has 3 aromatic rings. The zero-order chi connectivity index (χ0) is 14.8. The van der Waals surface area contributed by atoms with Crippen molar-refractivity contribution in [2.24, 2.45) is 0 Å². The minimum atomic E-state index is -0.377. The summed E-state index contributed by atoms with van der Waals surface area (Å²) in [4.78, 5) is 14.7. The van der Waals surface area contributed by atoms with E-state index in [0.29, 0.717) is 11.3 Å². The molecule has 0 spiro atoms. The number of H-pyrrole nitrogens is 1. The second kappa shape index (κ2) is 5.32. The Balaban J connectivity index is 1.95. The second-order valence-electron chi connectivity index (χ2n) is 4.75. The number of benzene rings is 2. The average molecular weight is 281 g/mol. The Morgan fingerprint density at radius 1 is 1.14 bits per heavy atom. The van der Waals surface area contributed by atoms with E-state index in [4.69, 9.17) is 9.47 Å². The Bertz CT molecular complexity index is 805. The number of rotatable bonds is 3. The van der Waals surface area contributed by atoms with Crippen LogP contribution in [-0.2, 0) is 4.74 Å². The number of esters is 1. The lowest BCUT2D eigenvalue weighted by Crippen LogP contribution is -2.01. The molecular weight excluding hydrogens is 266 g/mol. The quantitative estimate of drug-likeness (QED) is 0.737. The molecule has 21 heavy (non-hydrogen) atoms. The molecule has 2 aromatic carbocycles. The molecule has 0 fully saturated rings. The van der Waals surface area contributed by atoms with E-state index in [9.17, 15) is 4.79 Å². The number of carbonyl (C=O) groups excluding carboxylic acids is 1. The van der Waals surface area contributed by atoms with Gasteiger partial charge in [-0.15, -0.1) is 0 Å². The minimum Gasteiger partial charge on any atom is -0.465 e. The van der Waals surface area contributed by atoms with Gasteiger partial charge in [0.25, 0.3) is 0 Å². The van der Waals surface area contributed by atoms with Gasteiger partial charge in [0.05, 0.1) is 12.7 Å². The molecule has 4 heteroatoms. The monoisotopic (exact) mass is 281 g/mol. The van der Waals surface area contributed by atoms with Crippen LogP contribution in [0.1, 0.15) is 15.9 Å². The van der Waals surface area contributed by atoms with E-state index in [-0.39, 0.29) is 5.97 Å². The molecule has 1 N–H and O–H groups in total. The Hall–Kier alpha value is -2.75. The van der Waals surface area contributed by atoms with Crippen LogP contribution in [-0.4, -0.2) is 18.1 Å². The van der Waals surface area contributed by atoms with Gasteiger partial charge in [0.1, 0.15) is 11.5 Å². The van der Waals surface area contributed by atoms with E-state index in [2.05, 4.69) is 4.98 Å². The summed E-state index contributed by atoms with van der Waals surface area (Å²) in [6.07, 6.45) is 1.90. The summed E-state index contributed by atoms with van der Waals surface area (Å²) in [5, 5.41) is 1.12. The van der Waals surface area contributed by atoms with E-state index in [1.54, 1.807) is 18.2 Å². The van der Waals surface area contributed by atoms with Crippen LogP contribution in [0.3, 0.4) is 0 Å². The molecule has 0 atom stereocenters. The fourth-order valence-corrected chi connectivity index (χ4v) is 2.31. The number of ether oxygens (including phenoxy) is 2. The van der Waals surface area contributed by atoms with Crippen molar-refractivity contribution in [2.45, 2.75) is 6.92 Å². The maximum Gasteiger partial charge on any atom is 0.337 e. The third kappa shape index (κ3) is 2.48. The summed E-state index contributed by atoms with van der Waals surface area (Å²) in [7, 11) is 1.36. The zero-order valence-corrected chi connectivity index (χ0v) is 11.8. The highest BCUT2D eigenvalue weighted by Gasteiger charge is 2.09. The first-order valence-electron chi connectivity index (χ1n) is 6.62. The van der Waals surface area contributed by atoms with Crippen LogP contribution in [0, 0.1) is 6.92 Å². The fourth-order valence-electron chi connectivity index (χ4n) is 2.31. The Morgan fingerprint density at radius 2 is 2.00 bits per heavy atom. The predicted octanol–water partition coefficient (Wildman–Crippen LogP) is 4.06. The van der Waals surface area contributed by atoms with Crippen molar-refractivity contribution >= 4 is 16.9 Å². The number of methoxy groups -OCH3 is 1. The first-order valence-corrected chi connectivity index (χ1v) is 6.62. The molecule has 0 saturated carbocycles. The van der Waals surface area contributed by atoms with Gasteiger partial charge in [-0.05, 0) is 43.3 Å². The topological polar surface area (TPSA) is 51.3 Å². The predicted molar refractivity (Wildman–Crippen MR) is 80.9 cm³/mol. The van der Waals surface area contributed by atoms with Crippen molar-refractivity contribution in [3.05, 3.63) is 59.8 Å². The molecule has 0 bridgehead atoms. The lowest BCUT2D eigenvalue weighted by molar-refractivity contribution is 0.0600. The van der Waals surface area contributed by atoms with Gasteiger partial charge in [-0.3, -0.25) is 0 Å². The van der Waals surface area contributed by atoms with Gasteiger partial charge in [-0.2, -0.15) is 0 Å². The lowest BCUT2D eigenvalue weighted by Gasteiger charge is -2.10. The van der Waals surface area contributed by atoms with E-state index in [1.165, 1.54) is 7.11 Å². The zero-order valence-electron chi connectivity index (χ0n) is 11.8. The molecule has 0 saturated heterocycles. The largest absolute Gasteiger partial charge is 0.465 e. The lowest BCUT2D eigenvalue weighted by atomic mass is 10.1. The molecule has 0 amide bonds. The normalized spacial score (nSPS) is 10.6. The Morgan fingerprint density at radius 3 is 2.81 bits per heavy atom. The summed E-state index contributed by atoms with van der Waals surface area (Å²) in [6.45, 7) is 2.01. The summed E-state index contributed by atoms with van der Waals surface area (Å²) < 4.78 is 10.6. The van der Waals surface area contributed by atoms with Crippen molar-refractivity contribution in [3.8, 4) is 11.5 Å². The van der Waals surface area contributed by atoms with Gasteiger partial charge in [0.2, 0.25) is 0 Å². The molecule has 106 valence electrons. The molecule has 3 rings (SSSR count). The summed E-state index contributed by atoms with van der Waals surface area (Å²) in [5.41, 5.74) is 2.59. The third-order valence-electron chi connectivity index (χ3n) is 3.44. The molecule has 0 unspecified atom stereocenters. The van der Waals surface area contributed by atoms with Crippen molar-refractivity contribution in [3.63, 3.8) is 0 Å². The molecule has 0 aliphatic rings. The smallest absolute Gasteiger partial charge is 0.337 e. The van der Waals surface area contributed by atoms with Crippen LogP contribution in [0.25, 0.3) is 10.9 Å². The number of aromatic amines is 1. The van der Waals surface area contributed by atoms with E-state index in [0.717, 1.165) is 22.2 Å². The number of aryl methyl sites for hydroxylation is 1. The van der Waals surface area contributed by atoms with Gasteiger partial charge in [-0.1, -0.05) is 6.07 Å². The SMILES string of the molecule is COC(=O)c1cccc(Oc2ccc3[nH]ccc3c2C)c1. The highest BCUT2D eigenvalue weighted by Crippen LogP contribution is 2.30. The van der Waals surface area contributed by atoms with Crippen LogP contribution in [0.4, 0.5) is 0 Å². The molecule has 0 aliphatic carbocycles. The van der Waals surface area contributed by atoms with Gasteiger partial charge < -0.3 is 14.5 Å². The molecule has 0 aliphatic heterocycles. The average Bonchev–Trinajstić information content (AvgIpc) is 2.99. The minimum absolute atomic E-state index is 0.377. The first-order chi connectivity index (χ1) is 10.2. The maximum absolute atomic E-state index is 11.5. The summed E-state index contributed by atoms with van der Waals surface area (Å²) in [6, 6.07) is 12.9. The summed E-state index contributed by atoms with van der Waals surface area (Å²) in [5.74, 6) is 0.998. The van der Waals surface area contributed by atoms with Crippen LogP contribution in [0.5, 0.6) is 11.5 Å². The van der Waals surface area contributed by atoms with Gasteiger partial charge in [-0.25, -0.2) is 4.79 Å². The number of hydrogen-bond donors (Lipinski definition) is 1. The van der Waals surface area contributed by atoms with Crippen molar-refractivity contribution < 1.29 is 14.3 Å². The summed E-state index contributed by atoms with van der Waals surface area (Å²) >= 11 is 0. The number of aromatic nitrogens is 1. The van der Waals surface area contributed by atoms with Crippen molar-refractivity contribution in [1.82, 2.24) is 4.98 Å². The molecule has 1 aromatic heterocycles. The highest BCUT2D eigenvalue weighted by molar-refractivity contribution is 5.89. The highest BCUT2D eigenvalue weighted by atomic mass is 16.5. The Labute approximate surface area is 122 Å². The van der Waals surface area contributed by atoms with E-state index >= 15 is 0 Å². The molecule has 1 heterocycles. The van der Waals surface area contributed by atoms with Crippen LogP contribution in [0.15, 0.2) is 48.7 Å². The van der Waals surface area contributed by atoms with Crippen LogP contribution < -0.4 is 4.74 Å². The number of nitrogens with one attached hydrogen (secondary N) is 1. The number of hydrogen-bond acceptors (Lipinski definition) is 3. The third-order valence-corrected chi connectivity index (χ3v) is 3.44. The second-order valence-corrected chi connectivity index (χ2v) is 4.75. The van der Waals surface area contributed by atoms with Crippen molar-refractivity contribution in [2.75, 3.05) is 7.11 Å². The fraction of sp³-hybridized carbons (Fsp3) is 0.118. The Kier molecular flexibility index (Phi) is 3.36. The van der Waals surface area contributed by atoms with Crippen LogP contribution >= 0.6 is 0 Å².